The zero-order valence-corrected chi connectivity index (χ0v) is 10.1. The lowest BCUT2D eigenvalue weighted by molar-refractivity contribution is -0.899. The smallest absolute Gasteiger partial charge is 0.363 e. The third-order valence-corrected chi connectivity index (χ3v) is 2.36. The van der Waals surface area contributed by atoms with Crippen molar-refractivity contribution in [3.05, 3.63) is 58.2 Å². The summed E-state index contributed by atoms with van der Waals surface area (Å²) >= 11 is 0. The first-order valence-corrected chi connectivity index (χ1v) is 5.37. The molecule has 0 fully saturated rings. The van der Waals surface area contributed by atoms with Gasteiger partial charge in [0, 0.05) is 12.1 Å². The van der Waals surface area contributed by atoms with Crippen LogP contribution in [0.2, 0.25) is 0 Å². The van der Waals surface area contributed by atoms with E-state index in [9.17, 15) is 10.4 Å². The van der Waals surface area contributed by atoms with Gasteiger partial charge in [-0.2, -0.15) is 0 Å². The van der Waals surface area contributed by atoms with Crippen LogP contribution in [0, 0.1) is 24.3 Å². The molecule has 0 saturated carbocycles. The zero-order valence-electron chi connectivity index (χ0n) is 10.1. The van der Waals surface area contributed by atoms with Gasteiger partial charge in [0.25, 0.3) is 0 Å². The number of hydrogen-bond acceptors (Lipinski definition) is 4. The van der Waals surface area contributed by atoms with Gasteiger partial charge in [-0.3, -0.25) is 0 Å². The van der Waals surface area contributed by atoms with Crippen molar-refractivity contribution < 1.29 is 9.72 Å². The fourth-order valence-corrected chi connectivity index (χ4v) is 1.44. The molecule has 0 atom stereocenters. The van der Waals surface area contributed by atoms with Gasteiger partial charge in [0.1, 0.15) is 12.4 Å². The van der Waals surface area contributed by atoms with E-state index in [-0.39, 0.29) is 21.4 Å². The van der Waals surface area contributed by atoms with Gasteiger partial charge in [-0.1, -0.05) is 9.72 Å². The minimum Gasteiger partial charge on any atom is -0.675 e. The van der Waals surface area contributed by atoms with Crippen molar-refractivity contribution in [2.45, 2.75) is 13.8 Å². The van der Waals surface area contributed by atoms with Gasteiger partial charge < -0.3 is 10.4 Å². The highest BCUT2D eigenvalue weighted by molar-refractivity contribution is 5.25. The molecule has 0 spiro atoms. The molecule has 2 rings (SSSR count). The quantitative estimate of drug-likeness (QED) is 0.462. The third-order valence-electron chi connectivity index (χ3n) is 2.36. The summed E-state index contributed by atoms with van der Waals surface area (Å²) in [4.78, 5) is 8.06. The summed E-state index contributed by atoms with van der Waals surface area (Å²) in [7, 11) is 0. The molecule has 0 aliphatic heterocycles. The van der Waals surface area contributed by atoms with Crippen LogP contribution in [0.4, 0.5) is 11.6 Å². The van der Waals surface area contributed by atoms with Crippen LogP contribution >= 0.6 is 0 Å². The van der Waals surface area contributed by atoms with Gasteiger partial charge in [0.2, 0.25) is 0 Å². The summed E-state index contributed by atoms with van der Waals surface area (Å²) in [5.74, 6) is 0.0709. The zero-order chi connectivity index (χ0) is 13.1. The summed E-state index contributed by atoms with van der Waals surface area (Å²) in [6, 6.07) is 6.57. The molecule has 0 N–H and O–H groups in total. The number of aromatic nitrogens is 2. The molecule has 0 saturated heterocycles. The van der Waals surface area contributed by atoms with Crippen molar-refractivity contribution in [3.63, 3.8) is 0 Å². The summed E-state index contributed by atoms with van der Waals surface area (Å²) in [6.45, 7) is 3.64. The Morgan fingerprint density at radius 1 is 0.833 bits per heavy atom. The molecule has 92 valence electrons. The first-order chi connectivity index (χ1) is 8.58. The molecule has 2 aromatic rings. The lowest BCUT2D eigenvalue weighted by Crippen LogP contribution is -2.10. The topological polar surface area (TPSA) is 77.9 Å². The van der Waals surface area contributed by atoms with E-state index in [1.807, 2.05) is 13.8 Å². The molecule has 0 aromatic carbocycles. The Balaban J connectivity index is 2.47. The SMILES string of the molecule is Cc1ccnc(/[N+]([O-])=[N+](\[O-])c2cc(C)ccn2)c1. The van der Waals surface area contributed by atoms with Crippen molar-refractivity contribution in [1.82, 2.24) is 9.97 Å². The molecular formula is C12H12N4O2. The van der Waals surface area contributed by atoms with Gasteiger partial charge >= 0.3 is 11.6 Å². The van der Waals surface area contributed by atoms with E-state index in [2.05, 4.69) is 9.97 Å². The van der Waals surface area contributed by atoms with Crippen molar-refractivity contribution in [2.75, 3.05) is 0 Å². The molecule has 2 aromatic heterocycles. The molecule has 0 aliphatic carbocycles. The Hall–Kier alpha value is -2.50. The number of rotatable bonds is 2. The lowest BCUT2D eigenvalue weighted by atomic mass is 10.3. The first kappa shape index (κ1) is 12.0. The van der Waals surface area contributed by atoms with Crippen molar-refractivity contribution in [1.29, 1.82) is 0 Å². The molecule has 0 amide bonds. The van der Waals surface area contributed by atoms with Crippen LogP contribution in [0.25, 0.3) is 0 Å². The summed E-state index contributed by atoms with van der Waals surface area (Å²) in [5, 5.41) is 23.7. The number of pyridine rings is 2. The van der Waals surface area contributed by atoms with Gasteiger partial charge in [-0.25, -0.2) is 0 Å². The molecule has 6 nitrogen and oxygen atoms in total. The fourth-order valence-electron chi connectivity index (χ4n) is 1.44. The molecule has 2 heterocycles. The van der Waals surface area contributed by atoms with E-state index in [1.54, 1.807) is 12.1 Å². The number of azo groups is 1. The summed E-state index contributed by atoms with van der Waals surface area (Å²) in [6.07, 6.45) is 2.96. The third kappa shape index (κ3) is 2.42. The van der Waals surface area contributed by atoms with Crippen molar-refractivity contribution >= 4 is 11.6 Å². The van der Waals surface area contributed by atoms with Crippen LogP contribution in [-0.2, 0) is 0 Å². The van der Waals surface area contributed by atoms with Gasteiger partial charge in [0.05, 0.1) is 0 Å². The van der Waals surface area contributed by atoms with E-state index >= 15 is 0 Å². The second-order valence-corrected chi connectivity index (χ2v) is 3.93. The van der Waals surface area contributed by atoms with Crippen LogP contribution in [0.3, 0.4) is 0 Å². The molecule has 0 radical (unpaired) electrons. The van der Waals surface area contributed by atoms with Crippen LogP contribution in [0.5, 0.6) is 0 Å². The second-order valence-electron chi connectivity index (χ2n) is 3.93. The number of hydrogen-bond donors (Lipinski definition) is 0. The maximum atomic E-state index is 11.8. The predicted octanol–water partition coefficient (Wildman–Crippen LogP) is 2.53. The molecule has 18 heavy (non-hydrogen) atoms. The highest BCUT2D eigenvalue weighted by Crippen LogP contribution is 2.14. The molecule has 0 bridgehead atoms. The summed E-state index contributed by atoms with van der Waals surface area (Å²) < 4.78 is 0. The largest absolute Gasteiger partial charge is 0.675 e. The Bertz CT molecular complexity index is 557. The van der Waals surface area contributed by atoms with Crippen molar-refractivity contribution in [3.8, 4) is 0 Å². The normalized spacial score (nSPS) is 12.1. The fraction of sp³-hybridized carbons (Fsp3) is 0.167. The monoisotopic (exact) mass is 244 g/mol. The Morgan fingerprint density at radius 3 is 1.56 bits per heavy atom. The van der Waals surface area contributed by atoms with Crippen LogP contribution in [-0.4, -0.2) is 19.7 Å². The average molecular weight is 244 g/mol. The van der Waals surface area contributed by atoms with E-state index < -0.39 is 0 Å². The molecule has 0 aliphatic rings. The van der Waals surface area contributed by atoms with Crippen LogP contribution < -0.4 is 0 Å². The minimum absolute atomic E-state index is 0.0355. The van der Waals surface area contributed by atoms with Crippen LogP contribution in [0.15, 0.2) is 36.7 Å². The van der Waals surface area contributed by atoms with E-state index in [4.69, 9.17) is 0 Å². The predicted molar refractivity (Wildman–Crippen MR) is 64.5 cm³/mol. The van der Waals surface area contributed by atoms with E-state index in [0.717, 1.165) is 11.1 Å². The average Bonchev–Trinajstić information content (AvgIpc) is 2.37. The Labute approximate surface area is 104 Å². The summed E-state index contributed by atoms with van der Waals surface area (Å²) in [5.41, 5.74) is 1.71. The maximum Gasteiger partial charge on any atom is 0.363 e. The standard InChI is InChI=1S/C12H12N4O2/c1-9-3-5-13-11(7-9)15(17)16(18)12-8-10(2)4-6-14-12/h3-8H,1-2H3/b16-15+. The molecule has 6 heteroatoms. The molecule has 0 unspecified atom stereocenters. The van der Waals surface area contributed by atoms with Gasteiger partial charge in [0.15, 0.2) is 0 Å². The Kier molecular flexibility index (Phi) is 3.18. The van der Waals surface area contributed by atoms with Gasteiger partial charge in [-0.05, 0) is 47.1 Å². The number of aryl methyl sites for hydroxylation is 2. The molecular weight excluding hydrogens is 232 g/mol. The maximum absolute atomic E-state index is 11.8. The van der Waals surface area contributed by atoms with Crippen LogP contribution in [0.1, 0.15) is 11.1 Å². The minimum atomic E-state index is 0.0355. The highest BCUT2D eigenvalue weighted by atomic mass is 16.6. The van der Waals surface area contributed by atoms with Gasteiger partial charge in [-0.15, -0.1) is 0 Å². The van der Waals surface area contributed by atoms with Crippen molar-refractivity contribution in [2.24, 2.45) is 0 Å². The lowest BCUT2D eigenvalue weighted by Gasteiger charge is -2.10. The van der Waals surface area contributed by atoms with E-state index in [1.165, 1.54) is 24.5 Å². The first-order valence-electron chi connectivity index (χ1n) is 5.37. The van der Waals surface area contributed by atoms with E-state index in [0.29, 0.717) is 0 Å². The highest BCUT2D eigenvalue weighted by Gasteiger charge is 2.13. The number of nitrogens with zero attached hydrogens (tertiary/aromatic N) is 4. The Morgan fingerprint density at radius 2 is 1.22 bits per heavy atom. The second kappa shape index (κ2) is 4.79.